The molecule has 0 saturated carbocycles. The van der Waals surface area contributed by atoms with Crippen molar-refractivity contribution in [2.75, 3.05) is 12.4 Å². The van der Waals surface area contributed by atoms with Gasteiger partial charge in [-0.25, -0.2) is 0 Å². The topological polar surface area (TPSA) is 18.5 Å². The molecule has 1 aromatic carbocycles. The molecule has 0 amide bonds. The van der Waals surface area contributed by atoms with Gasteiger partial charge in [-0.3, -0.25) is 0 Å². The SMILES string of the molecule is FC(F)(F)Oc1ccc(CSCC2CCCO2)cc1. The zero-order valence-electron chi connectivity index (χ0n) is 10.3. The quantitative estimate of drug-likeness (QED) is 0.817. The molecule has 0 aliphatic carbocycles. The Kier molecular flexibility index (Phi) is 4.99. The van der Waals surface area contributed by atoms with Gasteiger partial charge in [0.2, 0.25) is 0 Å². The van der Waals surface area contributed by atoms with Crippen molar-refractivity contribution >= 4 is 11.8 Å². The summed E-state index contributed by atoms with van der Waals surface area (Å²) in [5.74, 6) is 1.52. The van der Waals surface area contributed by atoms with Crippen molar-refractivity contribution in [1.29, 1.82) is 0 Å². The van der Waals surface area contributed by atoms with Gasteiger partial charge in [0.25, 0.3) is 0 Å². The Morgan fingerprint density at radius 1 is 1.26 bits per heavy atom. The molecule has 2 rings (SSSR count). The average molecular weight is 292 g/mol. The van der Waals surface area contributed by atoms with Crippen molar-refractivity contribution in [3.05, 3.63) is 29.8 Å². The van der Waals surface area contributed by atoms with Crippen LogP contribution in [0.3, 0.4) is 0 Å². The summed E-state index contributed by atoms with van der Waals surface area (Å²) < 4.78 is 45.2. The Bertz CT molecular complexity index is 386. The number of halogens is 3. The Hall–Kier alpha value is -0.880. The summed E-state index contributed by atoms with van der Waals surface area (Å²) in [5, 5.41) is 0. The number of benzene rings is 1. The highest BCUT2D eigenvalue weighted by molar-refractivity contribution is 7.98. The van der Waals surface area contributed by atoms with E-state index in [0.717, 1.165) is 36.5 Å². The monoisotopic (exact) mass is 292 g/mol. The number of hydrogen-bond donors (Lipinski definition) is 0. The van der Waals surface area contributed by atoms with Crippen molar-refractivity contribution in [1.82, 2.24) is 0 Å². The van der Waals surface area contributed by atoms with Gasteiger partial charge in [-0.05, 0) is 30.5 Å². The first-order chi connectivity index (χ1) is 9.03. The molecule has 1 atom stereocenters. The smallest absolute Gasteiger partial charge is 0.406 e. The van der Waals surface area contributed by atoms with Crippen molar-refractivity contribution in [3.63, 3.8) is 0 Å². The van der Waals surface area contributed by atoms with Gasteiger partial charge < -0.3 is 9.47 Å². The summed E-state index contributed by atoms with van der Waals surface area (Å²) in [4.78, 5) is 0. The van der Waals surface area contributed by atoms with Crippen molar-refractivity contribution < 1.29 is 22.6 Å². The normalized spacial score (nSPS) is 19.6. The molecule has 1 saturated heterocycles. The Morgan fingerprint density at radius 3 is 2.58 bits per heavy atom. The summed E-state index contributed by atoms with van der Waals surface area (Å²) >= 11 is 1.73. The lowest BCUT2D eigenvalue weighted by Crippen LogP contribution is -2.17. The molecular formula is C13H15F3O2S. The van der Waals surface area contributed by atoms with Crippen molar-refractivity contribution in [3.8, 4) is 5.75 Å². The van der Waals surface area contributed by atoms with E-state index in [1.807, 2.05) is 0 Å². The first-order valence-corrected chi connectivity index (χ1v) is 7.22. The minimum Gasteiger partial charge on any atom is -0.406 e. The molecule has 0 spiro atoms. The van der Waals surface area contributed by atoms with Crippen LogP contribution in [0.1, 0.15) is 18.4 Å². The van der Waals surface area contributed by atoms with Gasteiger partial charge in [0.15, 0.2) is 0 Å². The van der Waals surface area contributed by atoms with Gasteiger partial charge in [0.05, 0.1) is 6.10 Å². The molecular weight excluding hydrogens is 277 g/mol. The Morgan fingerprint density at radius 2 is 2.00 bits per heavy atom. The minimum absolute atomic E-state index is 0.180. The lowest BCUT2D eigenvalue weighted by molar-refractivity contribution is -0.274. The zero-order valence-corrected chi connectivity index (χ0v) is 11.1. The first-order valence-electron chi connectivity index (χ1n) is 6.07. The van der Waals surface area contributed by atoms with E-state index in [4.69, 9.17) is 4.74 Å². The van der Waals surface area contributed by atoms with Crippen LogP contribution in [-0.4, -0.2) is 24.8 Å². The third-order valence-electron chi connectivity index (χ3n) is 2.75. The maximum absolute atomic E-state index is 12.0. The van der Waals surface area contributed by atoms with E-state index in [-0.39, 0.29) is 5.75 Å². The van der Waals surface area contributed by atoms with E-state index in [2.05, 4.69) is 4.74 Å². The lowest BCUT2D eigenvalue weighted by atomic mass is 10.2. The molecule has 106 valence electrons. The van der Waals surface area contributed by atoms with E-state index in [9.17, 15) is 13.2 Å². The number of rotatable bonds is 5. The van der Waals surface area contributed by atoms with Crippen LogP contribution in [0.5, 0.6) is 5.75 Å². The summed E-state index contributed by atoms with van der Waals surface area (Å²) in [6.07, 6.45) is -2.08. The van der Waals surface area contributed by atoms with Crippen molar-refractivity contribution in [2.45, 2.75) is 31.1 Å². The Labute approximate surface area is 114 Å². The van der Waals surface area contributed by atoms with Crippen LogP contribution in [0.2, 0.25) is 0 Å². The highest BCUT2D eigenvalue weighted by atomic mass is 32.2. The van der Waals surface area contributed by atoms with Gasteiger partial charge in [-0.2, -0.15) is 11.8 Å². The average Bonchev–Trinajstić information content (AvgIpc) is 2.82. The van der Waals surface area contributed by atoms with Crippen LogP contribution in [0, 0.1) is 0 Å². The molecule has 1 fully saturated rings. The van der Waals surface area contributed by atoms with E-state index in [1.54, 1.807) is 23.9 Å². The van der Waals surface area contributed by atoms with Gasteiger partial charge in [-0.1, -0.05) is 12.1 Å². The molecule has 19 heavy (non-hydrogen) atoms. The third-order valence-corrected chi connectivity index (χ3v) is 3.90. The molecule has 1 aromatic rings. The fourth-order valence-electron chi connectivity index (χ4n) is 1.87. The molecule has 0 aromatic heterocycles. The second kappa shape index (κ2) is 6.52. The molecule has 0 N–H and O–H groups in total. The molecule has 1 aliphatic heterocycles. The first kappa shape index (κ1) is 14.5. The van der Waals surface area contributed by atoms with Crippen molar-refractivity contribution in [2.24, 2.45) is 0 Å². The molecule has 1 aliphatic rings. The zero-order chi connectivity index (χ0) is 13.7. The molecule has 0 bridgehead atoms. The minimum atomic E-state index is -4.63. The Balaban J connectivity index is 1.75. The molecule has 1 unspecified atom stereocenters. The predicted octanol–water partition coefficient (Wildman–Crippen LogP) is 4.00. The van der Waals surface area contributed by atoms with Gasteiger partial charge in [0.1, 0.15) is 5.75 Å². The third kappa shape index (κ3) is 5.32. The summed E-state index contributed by atoms with van der Waals surface area (Å²) in [5.41, 5.74) is 0.984. The summed E-state index contributed by atoms with van der Waals surface area (Å²) in [6.45, 7) is 0.842. The maximum atomic E-state index is 12.0. The van der Waals surface area contributed by atoms with E-state index in [0.29, 0.717) is 6.10 Å². The largest absolute Gasteiger partial charge is 0.573 e. The van der Waals surface area contributed by atoms with Crippen LogP contribution < -0.4 is 4.74 Å². The fourth-order valence-corrected chi connectivity index (χ4v) is 2.94. The standard InChI is InChI=1S/C13H15F3O2S/c14-13(15,16)18-11-5-3-10(4-6-11)8-19-9-12-2-1-7-17-12/h3-6,12H,1-2,7-9H2. The fraction of sp³-hybridized carbons (Fsp3) is 0.538. The van der Waals surface area contributed by atoms with E-state index < -0.39 is 6.36 Å². The van der Waals surface area contributed by atoms with Crippen LogP contribution in [-0.2, 0) is 10.5 Å². The molecule has 1 heterocycles. The van der Waals surface area contributed by atoms with Crippen LogP contribution >= 0.6 is 11.8 Å². The second-order valence-electron chi connectivity index (χ2n) is 4.34. The predicted molar refractivity (Wildman–Crippen MR) is 68.3 cm³/mol. The van der Waals surface area contributed by atoms with Gasteiger partial charge >= 0.3 is 6.36 Å². The molecule has 0 radical (unpaired) electrons. The van der Waals surface area contributed by atoms with Crippen LogP contribution in [0.15, 0.2) is 24.3 Å². The summed E-state index contributed by atoms with van der Waals surface area (Å²) in [7, 11) is 0. The molecule has 6 heteroatoms. The van der Waals surface area contributed by atoms with E-state index >= 15 is 0 Å². The summed E-state index contributed by atoms with van der Waals surface area (Å²) in [6, 6.07) is 6.00. The maximum Gasteiger partial charge on any atom is 0.573 e. The number of alkyl halides is 3. The second-order valence-corrected chi connectivity index (χ2v) is 5.37. The van der Waals surface area contributed by atoms with Crippen LogP contribution in [0.4, 0.5) is 13.2 Å². The van der Waals surface area contributed by atoms with Crippen LogP contribution in [0.25, 0.3) is 0 Å². The van der Waals surface area contributed by atoms with Gasteiger partial charge in [0, 0.05) is 18.1 Å². The highest BCUT2D eigenvalue weighted by Gasteiger charge is 2.30. The molecule has 2 nitrogen and oxygen atoms in total. The van der Waals surface area contributed by atoms with E-state index in [1.165, 1.54) is 12.1 Å². The number of hydrogen-bond acceptors (Lipinski definition) is 3. The number of thioether (sulfide) groups is 1. The highest BCUT2D eigenvalue weighted by Crippen LogP contribution is 2.24. The van der Waals surface area contributed by atoms with Gasteiger partial charge in [-0.15, -0.1) is 13.2 Å². The lowest BCUT2D eigenvalue weighted by Gasteiger charge is -2.10. The number of ether oxygens (including phenoxy) is 2.